The normalized spacial score (nSPS) is 17.8. The van der Waals surface area contributed by atoms with Gasteiger partial charge in [-0.3, -0.25) is 0 Å². The molecule has 0 bridgehead atoms. The minimum absolute atomic E-state index is 0.360. The molecule has 4 heteroatoms. The lowest BCUT2D eigenvalue weighted by atomic mass is 10.2. The van der Waals surface area contributed by atoms with Crippen LogP contribution in [0, 0.1) is 6.92 Å². The Bertz CT molecular complexity index is 497. The van der Waals surface area contributed by atoms with E-state index >= 15 is 0 Å². The molecule has 1 aliphatic heterocycles. The van der Waals surface area contributed by atoms with Crippen molar-refractivity contribution in [3.05, 3.63) is 33.2 Å². The van der Waals surface area contributed by atoms with Crippen molar-refractivity contribution in [2.24, 2.45) is 4.99 Å². The number of aryl methyl sites for hydroxylation is 2. The number of carbonyl (C=O) groups excluding carboxylic acids is 1. The number of hydrogen-bond donors (Lipinski definition) is 0. The number of aliphatic imine (C=N–C) groups is 1. The number of carbonyl (C=O) groups is 1. The van der Waals surface area contributed by atoms with Crippen LogP contribution in [0.15, 0.2) is 22.8 Å². The number of thiophene rings is 1. The zero-order chi connectivity index (χ0) is 11.7. The third-order valence-electron chi connectivity index (χ3n) is 2.45. The van der Waals surface area contributed by atoms with E-state index in [1.54, 1.807) is 24.3 Å². The molecule has 0 saturated carbocycles. The van der Waals surface area contributed by atoms with Crippen molar-refractivity contribution in [1.82, 2.24) is 0 Å². The van der Waals surface area contributed by atoms with Crippen LogP contribution >= 0.6 is 11.3 Å². The molecule has 0 aromatic carbocycles. The zero-order valence-electron chi connectivity index (χ0n) is 9.53. The summed E-state index contributed by atoms with van der Waals surface area (Å²) in [6, 6.07) is 2.02. The molecule has 0 N–H and O–H groups in total. The molecule has 84 valence electrons. The van der Waals surface area contributed by atoms with Crippen LogP contribution in [0.25, 0.3) is 0 Å². The lowest BCUT2D eigenvalue weighted by molar-refractivity contribution is -0.130. The van der Waals surface area contributed by atoms with Crippen LogP contribution in [-0.2, 0) is 16.0 Å². The van der Waals surface area contributed by atoms with E-state index in [-0.39, 0.29) is 5.97 Å². The Kier molecular flexibility index (Phi) is 2.92. The van der Waals surface area contributed by atoms with Crippen LogP contribution in [-0.4, -0.2) is 11.9 Å². The van der Waals surface area contributed by atoms with Gasteiger partial charge in [0.25, 0.3) is 0 Å². The highest BCUT2D eigenvalue weighted by molar-refractivity contribution is 7.14. The Morgan fingerprint density at radius 3 is 2.81 bits per heavy atom. The van der Waals surface area contributed by atoms with Crippen molar-refractivity contribution < 1.29 is 9.53 Å². The summed E-state index contributed by atoms with van der Waals surface area (Å²) in [5.41, 5.74) is 1.62. The Morgan fingerprint density at radius 2 is 2.31 bits per heavy atom. The molecule has 1 aromatic rings. The Labute approximate surface area is 98.5 Å². The molecule has 3 nitrogen and oxygen atoms in total. The van der Waals surface area contributed by atoms with Crippen LogP contribution < -0.4 is 0 Å². The number of nitrogens with zero attached hydrogens (tertiary/aromatic N) is 1. The van der Waals surface area contributed by atoms with Gasteiger partial charge in [-0.2, -0.15) is 0 Å². The lowest BCUT2D eigenvalue weighted by Crippen LogP contribution is -2.03. The first kappa shape index (κ1) is 11.1. The van der Waals surface area contributed by atoms with E-state index in [4.69, 9.17) is 4.74 Å². The second kappa shape index (κ2) is 4.22. The SMILES string of the molecule is C/C=C1/N=C(c2cc(C)c(CC)s2)OC1=O. The van der Waals surface area contributed by atoms with Crippen molar-refractivity contribution in [3.63, 3.8) is 0 Å². The summed E-state index contributed by atoms with van der Waals surface area (Å²) in [5, 5.41) is 0. The molecule has 2 heterocycles. The van der Waals surface area contributed by atoms with E-state index in [0.29, 0.717) is 11.6 Å². The fourth-order valence-electron chi connectivity index (χ4n) is 1.58. The number of cyclic esters (lactones) is 1. The molecule has 1 aromatic heterocycles. The van der Waals surface area contributed by atoms with Crippen LogP contribution in [0.5, 0.6) is 0 Å². The Morgan fingerprint density at radius 1 is 1.56 bits per heavy atom. The van der Waals surface area contributed by atoms with Gasteiger partial charge >= 0.3 is 5.97 Å². The largest absolute Gasteiger partial charge is 0.401 e. The van der Waals surface area contributed by atoms with Gasteiger partial charge in [0.1, 0.15) is 5.70 Å². The minimum Gasteiger partial charge on any atom is -0.401 e. The zero-order valence-corrected chi connectivity index (χ0v) is 10.4. The van der Waals surface area contributed by atoms with E-state index in [1.807, 2.05) is 6.07 Å². The molecule has 0 fully saturated rings. The molecular formula is C12H13NO2S. The first-order chi connectivity index (χ1) is 7.65. The molecule has 2 rings (SSSR count). The van der Waals surface area contributed by atoms with Gasteiger partial charge in [0.2, 0.25) is 5.90 Å². The van der Waals surface area contributed by atoms with Crippen molar-refractivity contribution in [2.75, 3.05) is 0 Å². The maximum Gasteiger partial charge on any atom is 0.363 e. The first-order valence-corrected chi connectivity index (χ1v) is 6.04. The summed E-state index contributed by atoms with van der Waals surface area (Å²) in [5.74, 6) is 0.0764. The quantitative estimate of drug-likeness (QED) is 0.584. The van der Waals surface area contributed by atoms with Crippen molar-refractivity contribution in [2.45, 2.75) is 27.2 Å². The molecule has 0 aliphatic carbocycles. The number of hydrogen-bond acceptors (Lipinski definition) is 4. The van der Waals surface area contributed by atoms with Crippen LogP contribution in [0.3, 0.4) is 0 Å². The molecule has 0 amide bonds. The molecule has 16 heavy (non-hydrogen) atoms. The summed E-state index contributed by atoms with van der Waals surface area (Å²) in [7, 11) is 0. The monoisotopic (exact) mass is 235 g/mol. The third-order valence-corrected chi connectivity index (χ3v) is 3.82. The van der Waals surface area contributed by atoms with E-state index in [0.717, 1.165) is 11.3 Å². The number of allylic oxidation sites excluding steroid dienone is 1. The van der Waals surface area contributed by atoms with Crippen molar-refractivity contribution >= 4 is 23.2 Å². The maximum atomic E-state index is 11.3. The fourth-order valence-corrected chi connectivity index (χ4v) is 2.62. The van der Waals surface area contributed by atoms with Crippen LogP contribution in [0.4, 0.5) is 0 Å². The maximum absolute atomic E-state index is 11.3. The predicted molar refractivity (Wildman–Crippen MR) is 64.8 cm³/mol. The van der Waals surface area contributed by atoms with Gasteiger partial charge in [-0.05, 0) is 31.9 Å². The van der Waals surface area contributed by atoms with Gasteiger partial charge < -0.3 is 4.74 Å². The van der Waals surface area contributed by atoms with Crippen molar-refractivity contribution in [1.29, 1.82) is 0 Å². The molecule has 0 spiro atoms. The van der Waals surface area contributed by atoms with Crippen LogP contribution in [0.2, 0.25) is 0 Å². The van der Waals surface area contributed by atoms with Gasteiger partial charge in [-0.25, -0.2) is 9.79 Å². The highest BCUT2D eigenvalue weighted by atomic mass is 32.1. The Hall–Kier alpha value is -1.42. The molecule has 0 radical (unpaired) electrons. The summed E-state index contributed by atoms with van der Waals surface area (Å²) >= 11 is 1.64. The smallest absolute Gasteiger partial charge is 0.363 e. The second-order valence-electron chi connectivity index (χ2n) is 3.55. The van der Waals surface area contributed by atoms with E-state index in [1.165, 1.54) is 10.4 Å². The number of ether oxygens (including phenoxy) is 1. The number of rotatable bonds is 2. The first-order valence-electron chi connectivity index (χ1n) is 5.22. The summed E-state index contributed by atoms with van der Waals surface area (Å²) in [6.07, 6.45) is 2.66. The summed E-state index contributed by atoms with van der Waals surface area (Å²) in [6.45, 7) is 5.95. The van der Waals surface area contributed by atoms with Crippen molar-refractivity contribution in [3.8, 4) is 0 Å². The lowest BCUT2D eigenvalue weighted by Gasteiger charge is -1.93. The van der Waals surface area contributed by atoms with E-state index < -0.39 is 0 Å². The second-order valence-corrected chi connectivity index (χ2v) is 4.69. The molecule has 0 unspecified atom stereocenters. The minimum atomic E-state index is -0.360. The molecular weight excluding hydrogens is 222 g/mol. The van der Waals surface area contributed by atoms with Gasteiger partial charge in [0, 0.05) is 4.88 Å². The van der Waals surface area contributed by atoms with Gasteiger partial charge in [0.05, 0.1) is 4.88 Å². The number of esters is 1. The van der Waals surface area contributed by atoms with Gasteiger partial charge in [-0.1, -0.05) is 13.0 Å². The predicted octanol–water partition coefficient (Wildman–Crippen LogP) is 2.83. The van der Waals surface area contributed by atoms with Gasteiger partial charge in [0.15, 0.2) is 0 Å². The van der Waals surface area contributed by atoms with Gasteiger partial charge in [-0.15, -0.1) is 11.3 Å². The average Bonchev–Trinajstić information content (AvgIpc) is 2.81. The van der Waals surface area contributed by atoms with Crippen LogP contribution in [0.1, 0.15) is 29.2 Å². The molecule has 0 saturated heterocycles. The molecule has 1 aliphatic rings. The Balaban J connectivity index is 2.36. The average molecular weight is 235 g/mol. The summed E-state index contributed by atoms with van der Waals surface area (Å²) in [4.78, 5) is 17.8. The molecule has 0 atom stereocenters. The fraction of sp³-hybridized carbons (Fsp3) is 0.333. The van der Waals surface area contributed by atoms with E-state index in [9.17, 15) is 4.79 Å². The van der Waals surface area contributed by atoms with E-state index in [2.05, 4.69) is 18.8 Å². The standard InChI is InChI=1S/C12H13NO2S/c1-4-8-12(14)15-11(13-8)10-6-7(3)9(5-2)16-10/h4,6H,5H2,1-3H3/b8-4+. The highest BCUT2D eigenvalue weighted by Crippen LogP contribution is 2.26. The third kappa shape index (κ3) is 1.80. The highest BCUT2D eigenvalue weighted by Gasteiger charge is 2.24. The summed E-state index contributed by atoms with van der Waals surface area (Å²) < 4.78 is 5.12. The topological polar surface area (TPSA) is 38.7 Å².